The molecule has 5 rings (SSSR count). The predicted octanol–water partition coefficient (Wildman–Crippen LogP) is 1.37. The summed E-state index contributed by atoms with van der Waals surface area (Å²) in [6.45, 7) is 7.79. The topological polar surface area (TPSA) is 171 Å². The monoisotopic (exact) mass is 522 g/mol. The second kappa shape index (κ2) is 9.46. The summed E-state index contributed by atoms with van der Waals surface area (Å²) in [6.07, 6.45) is 8.69. The first kappa shape index (κ1) is 26.6. The summed E-state index contributed by atoms with van der Waals surface area (Å²) in [4.78, 5) is 25.2. The molecule has 11 nitrogen and oxygen atoms in total. The first-order valence-electron chi connectivity index (χ1n) is 12.5. The van der Waals surface area contributed by atoms with E-state index in [9.17, 15) is 18.0 Å². The largest absolute Gasteiger partial charge is 0.477 e. The summed E-state index contributed by atoms with van der Waals surface area (Å²) in [5.41, 5.74) is 4.37. The Balaban J connectivity index is 1.54. The standard InChI is InChI=1S/C24H38N6O5S/c1-14(2)13-35-21-18(12-27-30(21)6-5-23(3,4)22(25)32)20(31)28-19-16-7-15-8-17(19)11-24(9-15,10-16)29-36(26,33)34/h5-6,12,14-17,19,29H,7-11,13H2,1-4H3,(H2,25,32)(H,28,31)(H2,26,33,34)/b6-5+. The molecule has 1 aromatic rings. The Morgan fingerprint density at radius 2 is 1.92 bits per heavy atom. The van der Waals surface area contributed by atoms with Crippen molar-refractivity contribution in [3.63, 3.8) is 0 Å². The van der Waals surface area contributed by atoms with Crippen molar-refractivity contribution in [1.29, 1.82) is 0 Å². The van der Waals surface area contributed by atoms with Gasteiger partial charge in [0.25, 0.3) is 16.1 Å². The van der Waals surface area contributed by atoms with E-state index in [-0.39, 0.29) is 29.7 Å². The van der Waals surface area contributed by atoms with Crippen molar-refractivity contribution in [2.75, 3.05) is 6.61 Å². The van der Waals surface area contributed by atoms with Crippen LogP contribution in [0.1, 0.15) is 70.2 Å². The van der Waals surface area contributed by atoms with E-state index < -0.39 is 27.1 Å². The Bertz CT molecular complexity index is 1140. The molecule has 6 N–H and O–H groups in total. The number of rotatable bonds is 10. The zero-order valence-corrected chi connectivity index (χ0v) is 22.2. The first-order valence-corrected chi connectivity index (χ1v) is 14.0. The quantitative estimate of drug-likeness (QED) is 0.361. The fourth-order valence-electron chi connectivity index (χ4n) is 6.26. The van der Waals surface area contributed by atoms with E-state index in [4.69, 9.17) is 15.6 Å². The van der Waals surface area contributed by atoms with Gasteiger partial charge in [-0.05, 0) is 69.6 Å². The molecule has 1 aromatic heterocycles. The average molecular weight is 523 g/mol. The normalized spacial score (nSPS) is 29.7. The molecular formula is C24H38N6O5S. The minimum absolute atomic E-state index is 0.0601. The van der Waals surface area contributed by atoms with Crippen molar-refractivity contribution in [3.8, 4) is 5.88 Å². The van der Waals surface area contributed by atoms with Gasteiger partial charge in [-0.1, -0.05) is 19.9 Å². The number of carbonyl (C=O) groups excluding carboxylic acids is 2. The number of hydrogen-bond acceptors (Lipinski definition) is 6. The van der Waals surface area contributed by atoms with Gasteiger partial charge in [0.05, 0.1) is 18.2 Å². The number of ether oxygens (including phenoxy) is 1. The minimum atomic E-state index is -3.81. The maximum atomic E-state index is 13.5. The molecule has 200 valence electrons. The molecule has 4 aliphatic carbocycles. The molecule has 4 aliphatic rings. The molecule has 0 aliphatic heterocycles. The number of primary amides is 1. The smallest absolute Gasteiger partial charge is 0.274 e. The molecule has 4 fully saturated rings. The Morgan fingerprint density at radius 1 is 1.28 bits per heavy atom. The van der Waals surface area contributed by atoms with Crippen LogP contribution in [0.4, 0.5) is 0 Å². The van der Waals surface area contributed by atoms with Crippen molar-refractivity contribution < 1.29 is 22.7 Å². The Kier molecular flexibility index (Phi) is 6.99. The van der Waals surface area contributed by atoms with Crippen molar-refractivity contribution in [1.82, 2.24) is 19.8 Å². The van der Waals surface area contributed by atoms with Gasteiger partial charge in [0, 0.05) is 17.8 Å². The number of carbonyl (C=O) groups is 2. The minimum Gasteiger partial charge on any atom is -0.477 e. The molecule has 2 atom stereocenters. The van der Waals surface area contributed by atoms with Crippen LogP contribution in [0.2, 0.25) is 0 Å². The Labute approximate surface area is 212 Å². The Hall–Kier alpha value is -2.44. The number of aromatic nitrogens is 2. The third-order valence-electron chi connectivity index (χ3n) is 7.74. The van der Waals surface area contributed by atoms with E-state index in [2.05, 4.69) is 15.1 Å². The fourth-order valence-corrected chi connectivity index (χ4v) is 7.11. The fraction of sp³-hybridized carbons (Fsp3) is 0.708. The molecule has 0 spiro atoms. The lowest BCUT2D eigenvalue weighted by molar-refractivity contribution is -0.123. The molecule has 0 radical (unpaired) electrons. The molecule has 36 heavy (non-hydrogen) atoms. The van der Waals surface area contributed by atoms with Crippen LogP contribution >= 0.6 is 0 Å². The Morgan fingerprint density at radius 3 is 2.47 bits per heavy atom. The maximum Gasteiger partial charge on any atom is 0.274 e. The third-order valence-corrected chi connectivity index (χ3v) is 8.46. The van der Waals surface area contributed by atoms with Gasteiger partial charge in [0.15, 0.2) is 0 Å². The van der Waals surface area contributed by atoms with Crippen LogP contribution in [0.5, 0.6) is 5.88 Å². The van der Waals surface area contributed by atoms with E-state index in [1.54, 1.807) is 26.1 Å². The van der Waals surface area contributed by atoms with Crippen molar-refractivity contribution in [3.05, 3.63) is 17.8 Å². The molecule has 4 saturated carbocycles. The van der Waals surface area contributed by atoms with Crippen LogP contribution < -0.4 is 25.6 Å². The molecule has 0 aromatic carbocycles. The summed E-state index contributed by atoms with van der Waals surface area (Å²) >= 11 is 0. The second-order valence-electron chi connectivity index (χ2n) is 11.8. The van der Waals surface area contributed by atoms with E-state index in [1.807, 2.05) is 13.8 Å². The maximum absolute atomic E-state index is 13.5. The zero-order valence-electron chi connectivity index (χ0n) is 21.4. The highest BCUT2D eigenvalue weighted by Gasteiger charge is 2.56. The molecule has 4 bridgehead atoms. The highest BCUT2D eigenvalue weighted by atomic mass is 32.2. The van der Waals surface area contributed by atoms with Gasteiger partial charge >= 0.3 is 0 Å². The van der Waals surface area contributed by atoms with E-state index >= 15 is 0 Å². The van der Waals surface area contributed by atoms with Crippen molar-refractivity contribution in [2.24, 2.45) is 40.0 Å². The van der Waals surface area contributed by atoms with Gasteiger partial charge < -0.3 is 15.8 Å². The zero-order chi connectivity index (χ0) is 26.5. The second-order valence-corrected chi connectivity index (χ2v) is 13.1. The highest BCUT2D eigenvalue weighted by Crippen LogP contribution is 2.56. The lowest BCUT2D eigenvalue weighted by atomic mass is 9.51. The van der Waals surface area contributed by atoms with Crippen LogP contribution in [0.25, 0.3) is 6.20 Å². The van der Waals surface area contributed by atoms with Crippen LogP contribution in [0.3, 0.4) is 0 Å². The van der Waals surface area contributed by atoms with Gasteiger partial charge in [0.2, 0.25) is 11.8 Å². The average Bonchev–Trinajstić information content (AvgIpc) is 3.14. The molecule has 12 heteroatoms. The molecule has 2 amide bonds. The summed E-state index contributed by atoms with van der Waals surface area (Å²) < 4.78 is 33.7. The lowest BCUT2D eigenvalue weighted by Gasteiger charge is -2.59. The number of nitrogens with one attached hydrogen (secondary N) is 2. The predicted molar refractivity (Wildman–Crippen MR) is 135 cm³/mol. The number of amides is 2. The van der Waals surface area contributed by atoms with Gasteiger partial charge in [-0.25, -0.2) is 9.82 Å². The lowest BCUT2D eigenvalue weighted by Crippen LogP contribution is -2.67. The third kappa shape index (κ3) is 5.60. The molecule has 2 unspecified atom stereocenters. The van der Waals surface area contributed by atoms with Gasteiger partial charge in [0.1, 0.15) is 5.56 Å². The SMILES string of the molecule is CC(C)COc1c(C(=O)NC2C3CC4CC2CC(NS(N)(=O)=O)(C4)C3)cnn1/C=C/C(C)(C)C(N)=O. The van der Waals surface area contributed by atoms with E-state index in [1.165, 1.54) is 10.9 Å². The van der Waals surface area contributed by atoms with Crippen LogP contribution in [0, 0.1) is 29.1 Å². The van der Waals surface area contributed by atoms with Crippen LogP contribution in [-0.4, -0.2) is 48.2 Å². The molecular weight excluding hydrogens is 484 g/mol. The highest BCUT2D eigenvalue weighted by molar-refractivity contribution is 7.87. The van der Waals surface area contributed by atoms with E-state index in [0.29, 0.717) is 36.8 Å². The number of nitrogens with two attached hydrogens (primary N) is 2. The first-order chi connectivity index (χ1) is 16.7. The molecule has 1 heterocycles. The van der Waals surface area contributed by atoms with Crippen LogP contribution in [-0.2, 0) is 15.0 Å². The summed E-state index contributed by atoms with van der Waals surface area (Å²) in [6, 6.07) is -0.0601. The summed E-state index contributed by atoms with van der Waals surface area (Å²) in [5, 5.41) is 12.8. The van der Waals surface area contributed by atoms with Crippen molar-refractivity contribution >= 4 is 28.2 Å². The van der Waals surface area contributed by atoms with Gasteiger partial charge in [-0.3, -0.25) is 9.59 Å². The van der Waals surface area contributed by atoms with Crippen molar-refractivity contribution in [2.45, 2.75) is 71.4 Å². The van der Waals surface area contributed by atoms with E-state index in [0.717, 1.165) is 19.3 Å². The van der Waals surface area contributed by atoms with Crippen LogP contribution in [0.15, 0.2) is 12.3 Å². The summed E-state index contributed by atoms with van der Waals surface area (Å²) in [5.74, 6) is 0.521. The number of hydrogen-bond donors (Lipinski definition) is 4. The summed E-state index contributed by atoms with van der Waals surface area (Å²) in [7, 11) is -3.81. The molecule has 0 saturated heterocycles. The van der Waals surface area contributed by atoms with Gasteiger partial charge in [-0.2, -0.15) is 18.2 Å². The van der Waals surface area contributed by atoms with Gasteiger partial charge in [-0.15, -0.1) is 0 Å². The number of nitrogens with zero attached hydrogens (tertiary/aromatic N) is 2.